The Morgan fingerprint density at radius 2 is 1.69 bits per heavy atom. The lowest BCUT2D eigenvalue weighted by Crippen LogP contribution is -2.67. The van der Waals surface area contributed by atoms with Crippen LogP contribution < -0.4 is 5.32 Å². The molecule has 7 heteroatoms. The molecule has 5 rings (SSSR count). The quantitative estimate of drug-likeness (QED) is 0.443. The molecule has 5 aliphatic carbocycles. The summed E-state index contributed by atoms with van der Waals surface area (Å²) in [5.41, 5.74) is -1.36. The number of ketones is 2. The molecule has 3 saturated carbocycles. The van der Waals surface area contributed by atoms with Crippen molar-refractivity contribution in [1.29, 1.82) is 5.26 Å². The van der Waals surface area contributed by atoms with Crippen LogP contribution in [0.5, 0.6) is 0 Å². The van der Waals surface area contributed by atoms with Gasteiger partial charge in [0, 0.05) is 29.2 Å². The predicted octanol–water partition coefficient (Wildman–Crippen LogP) is 6.34. The standard InChI is InChI=1S/C32H42F2N2O3/c1-27(2)12-13-32(36-26(39)31(7,33)34)11-8-19-24(20(32)16-27)21(37)14-23-29(19,5)10-9-22-28(3,4)25(38)18(17-35)15-30(22,23)6/h14-15,19-20,22,24H,8-13,16H2,1-7H3,(H,36,39)/t19?,20?,22?,24?,29-,30-,32+/m0/s1. The summed E-state index contributed by atoms with van der Waals surface area (Å²) >= 11 is 0. The third kappa shape index (κ3) is 3.90. The first-order chi connectivity index (χ1) is 17.8. The van der Waals surface area contributed by atoms with E-state index in [2.05, 4.69) is 39.1 Å². The Kier molecular flexibility index (Phi) is 6.02. The van der Waals surface area contributed by atoms with E-state index in [1.54, 1.807) is 6.08 Å². The second-order valence-electron chi connectivity index (χ2n) is 15.1. The van der Waals surface area contributed by atoms with E-state index in [1.165, 1.54) is 0 Å². The van der Waals surface area contributed by atoms with Crippen LogP contribution in [0.3, 0.4) is 0 Å². The van der Waals surface area contributed by atoms with Crippen LogP contribution in [0, 0.1) is 56.7 Å². The van der Waals surface area contributed by atoms with Crippen molar-refractivity contribution in [3.63, 3.8) is 0 Å². The highest BCUT2D eigenvalue weighted by molar-refractivity contribution is 6.04. The van der Waals surface area contributed by atoms with Crippen LogP contribution in [0.2, 0.25) is 0 Å². The molecule has 0 aliphatic heterocycles. The zero-order valence-electron chi connectivity index (χ0n) is 24.3. The van der Waals surface area contributed by atoms with Gasteiger partial charge < -0.3 is 5.32 Å². The van der Waals surface area contributed by atoms with Gasteiger partial charge in [-0.25, -0.2) is 0 Å². The highest BCUT2D eigenvalue weighted by Crippen LogP contribution is 2.69. The Balaban J connectivity index is 1.62. The number of halogens is 2. The largest absolute Gasteiger partial charge is 0.345 e. The van der Waals surface area contributed by atoms with Crippen LogP contribution in [0.4, 0.5) is 8.78 Å². The summed E-state index contributed by atoms with van der Waals surface area (Å²) in [5.74, 6) is -5.49. The van der Waals surface area contributed by atoms with Crippen LogP contribution >= 0.6 is 0 Å². The molecule has 1 N–H and O–H groups in total. The molecule has 0 aromatic heterocycles. The molecule has 0 saturated heterocycles. The average molecular weight is 541 g/mol. The van der Waals surface area contributed by atoms with Gasteiger partial charge in [-0.05, 0) is 79.6 Å². The second kappa shape index (κ2) is 8.33. The maximum atomic E-state index is 14.2. The molecule has 5 aliphatic rings. The molecular weight excluding hydrogens is 498 g/mol. The van der Waals surface area contributed by atoms with Gasteiger partial charge in [0.15, 0.2) is 11.6 Å². The highest BCUT2D eigenvalue weighted by atomic mass is 19.3. The summed E-state index contributed by atoms with van der Waals surface area (Å²) in [6.45, 7) is 13.1. The van der Waals surface area contributed by atoms with Crippen molar-refractivity contribution in [2.45, 2.75) is 105 Å². The summed E-state index contributed by atoms with van der Waals surface area (Å²) in [6, 6.07) is 2.12. The summed E-state index contributed by atoms with van der Waals surface area (Å²) in [4.78, 5) is 40.0. The van der Waals surface area contributed by atoms with E-state index >= 15 is 0 Å². The number of nitriles is 1. The number of nitrogens with zero attached hydrogens (tertiary/aromatic N) is 1. The third-order valence-corrected chi connectivity index (χ3v) is 11.8. The Bertz CT molecular complexity index is 1250. The smallest absolute Gasteiger partial charge is 0.321 e. The molecule has 0 aromatic carbocycles. The maximum absolute atomic E-state index is 14.2. The van der Waals surface area contributed by atoms with Crippen molar-refractivity contribution < 1.29 is 23.2 Å². The zero-order valence-corrected chi connectivity index (χ0v) is 24.3. The van der Waals surface area contributed by atoms with Crippen molar-refractivity contribution in [1.82, 2.24) is 5.32 Å². The van der Waals surface area contributed by atoms with Gasteiger partial charge in [-0.1, -0.05) is 53.2 Å². The number of allylic oxidation sites excluding steroid dienone is 4. The Morgan fingerprint density at radius 1 is 1.03 bits per heavy atom. The number of nitrogens with one attached hydrogen (secondary N) is 1. The van der Waals surface area contributed by atoms with Gasteiger partial charge in [0.1, 0.15) is 6.07 Å². The Hall–Kier alpha value is -2.36. The lowest BCUT2D eigenvalue weighted by atomic mass is 9.39. The van der Waals surface area contributed by atoms with Gasteiger partial charge in [0.25, 0.3) is 5.91 Å². The number of amides is 1. The van der Waals surface area contributed by atoms with E-state index in [9.17, 15) is 28.4 Å². The number of Topliss-reactive ketones (excluding diaryl/α,β-unsaturated/α-hetero) is 1. The van der Waals surface area contributed by atoms with Crippen molar-refractivity contribution in [3.05, 3.63) is 23.3 Å². The molecule has 7 atom stereocenters. The van der Waals surface area contributed by atoms with E-state index in [4.69, 9.17) is 0 Å². The first kappa shape index (κ1) is 28.2. The normalized spacial score (nSPS) is 42.5. The molecule has 212 valence electrons. The molecular formula is C32H42F2N2O3. The Labute approximate surface area is 230 Å². The molecule has 1 amide bonds. The van der Waals surface area contributed by atoms with E-state index < -0.39 is 28.2 Å². The summed E-state index contributed by atoms with van der Waals surface area (Å²) in [5, 5.41) is 12.6. The number of carbonyl (C=O) groups is 3. The first-order valence-electron chi connectivity index (χ1n) is 14.5. The summed E-state index contributed by atoms with van der Waals surface area (Å²) in [6.07, 6.45) is 8.53. The van der Waals surface area contributed by atoms with Gasteiger partial charge in [0.05, 0.1) is 5.57 Å². The van der Waals surface area contributed by atoms with E-state index in [-0.39, 0.29) is 51.6 Å². The number of alkyl halides is 2. The number of hydrogen-bond donors (Lipinski definition) is 1. The van der Waals surface area contributed by atoms with Crippen LogP contribution in [0.1, 0.15) is 93.4 Å². The minimum Gasteiger partial charge on any atom is -0.345 e. The minimum atomic E-state index is -3.48. The molecule has 0 heterocycles. The maximum Gasteiger partial charge on any atom is 0.321 e. The lowest BCUT2D eigenvalue weighted by molar-refractivity contribution is -0.155. The van der Waals surface area contributed by atoms with Gasteiger partial charge in [0.2, 0.25) is 0 Å². The number of hydrogen-bond acceptors (Lipinski definition) is 4. The van der Waals surface area contributed by atoms with Crippen LogP contribution in [-0.2, 0) is 14.4 Å². The third-order valence-electron chi connectivity index (χ3n) is 11.8. The molecule has 0 radical (unpaired) electrons. The van der Waals surface area contributed by atoms with Crippen molar-refractivity contribution in [2.24, 2.45) is 45.3 Å². The van der Waals surface area contributed by atoms with E-state index in [0.29, 0.717) is 32.6 Å². The predicted molar refractivity (Wildman–Crippen MR) is 143 cm³/mol. The lowest BCUT2D eigenvalue weighted by Gasteiger charge is -2.65. The SMILES string of the molecule is CC1(C)CC[C@]2(NC(=O)C(C)(F)F)CCC3C(C(=O)C=C4[C@@]5(C)C=C(C#N)C(=O)C(C)(C)C5CC[C@]43C)C2C1. The van der Waals surface area contributed by atoms with Gasteiger partial charge >= 0.3 is 5.92 Å². The fourth-order valence-electron chi connectivity index (χ4n) is 9.83. The molecule has 0 spiro atoms. The van der Waals surface area contributed by atoms with Gasteiger partial charge in [-0.2, -0.15) is 14.0 Å². The number of rotatable bonds is 2. The summed E-state index contributed by atoms with van der Waals surface area (Å²) in [7, 11) is 0. The fraction of sp³-hybridized carbons (Fsp3) is 0.750. The van der Waals surface area contributed by atoms with Crippen molar-refractivity contribution in [3.8, 4) is 6.07 Å². The molecule has 5 nitrogen and oxygen atoms in total. The molecule has 3 fully saturated rings. The van der Waals surface area contributed by atoms with Gasteiger partial charge in [-0.3, -0.25) is 14.4 Å². The molecule has 0 aromatic rings. The zero-order chi connectivity index (χ0) is 29.0. The Morgan fingerprint density at radius 3 is 2.31 bits per heavy atom. The first-order valence-corrected chi connectivity index (χ1v) is 14.5. The van der Waals surface area contributed by atoms with Gasteiger partial charge in [-0.15, -0.1) is 0 Å². The number of fused-ring (bicyclic) bond motifs is 7. The minimum absolute atomic E-state index is 0.000228. The second-order valence-corrected chi connectivity index (χ2v) is 15.1. The van der Waals surface area contributed by atoms with Crippen molar-refractivity contribution in [2.75, 3.05) is 0 Å². The van der Waals surface area contributed by atoms with Crippen LogP contribution in [0.15, 0.2) is 23.3 Å². The summed E-state index contributed by atoms with van der Waals surface area (Å²) < 4.78 is 28.2. The van der Waals surface area contributed by atoms with Crippen molar-refractivity contribution >= 4 is 17.5 Å². The molecule has 4 unspecified atom stereocenters. The average Bonchev–Trinajstić information content (AvgIpc) is 2.82. The highest BCUT2D eigenvalue weighted by Gasteiger charge is 2.66. The monoisotopic (exact) mass is 540 g/mol. The number of carbonyl (C=O) groups excluding carboxylic acids is 3. The van der Waals surface area contributed by atoms with Crippen LogP contribution in [-0.4, -0.2) is 28.9 Å². The van der Waals surface area contributed by atoms with E-state index in [1.807, 2.05) is 19.9 Å². The fourth-order valence-corrected chi connectivity index (χ4v) is 9.83. The van der Waals surface area contributed by atoms with E-state index in [0.717, 1.165) is 24.8 Å². The topological polar surface area (TPSA) is 87.0 Å². The molecule has 0 bridgehead atoms. The molecule has 39 heavy (non-hydrogen) atoms. The van der Waals surface area contributed by atoms with Crippen LogP contribution in [0.25, 0.3) is 0 Å².